The van der Waals surface area contributed by atoms with Crippen LogP contribution in [-0.4, -0.2) is 44.0 Å². The Kier molecular flexibility index (Phi) is 6.53. The van der Waals surface area contributed by atoms with Gasteiger partial charge in [0.1, 0.15) is 0 Å². The third-order valence-electron chi connectivity index (χ3n) is 2.57. The number of rotatable bonds is 4. The molecule has 1 aromatic carbocycles. The van der Waals surface area contributed by atoms with E-state index in [0.717, 1.165) is 6.54 Å². The fourth-order valence-corrected chi connectivity index (χ4v) is 2.03. The Morgan fingerprint density at radius 2 is 2.20 bits per heavy atom. The first kappa shape index (κ1) is 16.5. The predicted molar refractivity (Wildman–Crippen MR) is 82.9 cm³/mol. The molecule has 1 unspecified atom stereocenters. The lowest BCUT2D eigenvalue weighted by atomic mass is 10.1. The third-order valence-corrected chi connectivity index (χ3v) is 2.89. The third kappa shape index (κ3) is 5.22. The minimum Gasteiger partial charge on any atom is -0.348 e. The molecule has 0 radical (unpaired) electrons. The van der Waals surface area contributed by atoms with E-state index in [1.165, 1.54) is 0 Å². The quantitative estimate of drug-likeness (QED) is 0.824. The molecule has 5 heteroatoms. The molecule has 0 saturated carbocycles. The maximum Gasteiger partial charge on any atom is 0.251 e. The topological polar surface area (TPSA) is 58.4 Å². The van der Waals surface area contributed by atoms with Crippen LogP contribution in [0.4, 0.5) is 0 Å². The lowest BCUT2D eigenvalue weighted by Gasteiger charge is -2.18. The molecule has 108 valence electrons. The molecule has 0 aliphatic carbocycles. The van der Waals surface area contributed by atoms with Crippen molar-refractivity contribution in [3.63, 3.8) is 0 Å². The molecule has 1 rings (SSSR count). The van der Waals surface area contributed by atoms with E-state index in [4.69, 9.17) is 17.3 Å². The Morgan fingerprint density at radius 3 is 2.75 bits per heavy atom. The van der Waals surface area contributed by atoms with E-state index < -0.39 is 0 Å². The van der Waals surface area contributed by atoms with Crippen molar-refractivity contribution >= 4 is 17.5 Å². The van der Waals surface area contributed by atoms with E-state index >= 15 is 0 Å². The highest BCUT2D eigenvalue weighted by Gasteiger charge is 2.11. The highest BCUT2D eigenvalue weighted by Crippen LogP contribution is 2.17. The molecule has 0 aliphatic rings. The van der Waals surface area contributed by atoms with Crippen molar-refractivity contribution in [3.8, 4) is 11.8 Å². The highest BCUT2D eigenvalue weighted by molar-refractivity contribution is 6.32. The van der Waals surface area contributed by atoms with Crippen molar-refractivity contribution in [1.29, 1.82) is 0 Å². The normalized spacial score (nSPS) is 11.7. The van der Waals surface area contributed by atoms with Crippen molar-refractivity contribution in [2.24, 2.45) is 5.73 Å². The minimum absolute atomic E-state index is 0.0629. The van der Waals surface area contributed by atoms with Gasteiger partial charge in [-0.25, -0.2) is 0 Å². The van der Waals surface area contributed by atoms with Gasteiger partial charge in [0.25, 0.3) is 5.91 Å². The van der Waals surface area contributed by atoms with Crippen LogP contribution in [0.2, 0.25) is 5.02 Å². The Morgan fingerprint density at radius 1 is 1.50 bits per heavy atom. The van der Waals surface area contributed by atoms with Crippen molar-refractivity contribution in [2.75, 3.05) is 27.2 Å². The molecule has 1 atom stereocenters. The first-order valence-corrected chi connectivity index (χ1v) is 6.76. The maximum atomic E-state index is 12.1. The van der Waals surface area contributed by atoms with Crippen LogP contribution in [0.15, 0.2) is 18.2 Å². The molecule has 4 nitrogen and oxygen atoms in total. The van der Waals surface area contributed by atoms with Gasteiger partial charge in [-0.1, -0.05) is 23.4 Å². The molecule has 1 amide bonds. The molecular weight excluding hydrogens is 274 g/mol. The van der Waals surface area contributed by atoms with Gasteiger partial charge in [0.05, 0.1) is 11.6 Å². The second-order valence-electron chi connectivity index (χ2n) is 4.84. The average molecular weight is 294 g/mol. The number of carbonyl (C=O) groups is 1. The second-order valence-corrected chi connectivity index (χ2v) is 5.24. The van der Waals surface area contributed by atoms with E-state index in [1.54, 1.807) is 18.2 Å². The van der Waals surface area contributed by atoms with Crippen LogP contribution in [0.25, 0.3) is 0 Å². The number of nitrogens with one attached hydrogen (secondary N) is 1. The Balaban J connectivity index is 2.77. The van der Waals surface area contributed by atoms with Crippen LogP contribution in [0.3, 0.4) is 0 Å². The zero-order chi connectivity index (χ0) is 15.1. The molecule has 3 N–H and O–H groups in total. The minimum atomic E-state index is -0.139. The fraction of sp³-hybridized carbons (Fsp3) is 0.400. The largest absolute Gasteiger partial charge is 0.348 e. The van der Waals surface area contributed by atoms with E-state index in [0.29, 0.717) is 16.1 Å². The summed E-state index contributed by atoms with van der Waals surface area (Å²) in [4.78, 5) is 14.1. The molecule has 0 bridgehead atoms. The summed E-state index contributed by atoms with van der Waals surface area (Å²) in [7, 11) is 3.93. The number of benzene rings is 1. The number of hydrogen-bond donors (Lipinski definition) is 2. The van der Waals surface area contributed by atoms with Gasteiger partial charge < -0.3 is 16.0 Å². The van der Waals surface area contributed by atoms with Crippen LogP contribution in [0.5, 0.6) is 0 Å². The smallest absolute Gasteiger partial charge is 0.251 e. The molecule has 0 heterocycles. The summed E-state index contributed by atoms with van der Waals surface area (Å²) in [6, 6.07) is 5.13. The summed E-state index contributed by atoms with van der Waals surface area (Å²) in [5, 5.41) is 3.38. The zero-order valence-electron chi connectivity index (χ0n) is 12.0. The lowest BCUT2D eigenvalue weighted by Crippen LogP contribution is -2.39. The van der Waals surface area contributed by atoms with Crippen molar-refractivity contribution in [1.82, 2.24) is 10.2 Å². The molecular formula is C15H20ClN3O. The monoisotopic (exact) mass is 293 g/mol. The first-order valence-electron chi connectivity index (χ1n) is 6.38. The SMILES string of the molecule is CC(CN(C)C)NC(=O)c1ccc(C#CCN)c(Cl)c1. The van der Waals surface area contributed by atoms with Gasteiger partial charge in [0, 0.05) is 23.7 Å². The molecule has 0 aliphatic heterocycles. The zero-order valence-corrected chi connectivity index (χ0v) is 12.8. The number of amides is 1. The molecule has 20 heavy (non-hydrogen) atoms. The van der Waals surface area contributed by atoms with E-state index in [9.17, 15) is 4.79 Å². The number of likely N-dealkylation sites (N-methyl/N-ethyl adjacent to an activating group) is 1. The maximum absolute atomic E-state index is 12.1. The van der Waals surface area contributed by atoms with Gasteiger partial charge in [0.2, 0.25) is 0 Å². The van der Waals surface area contributed by atoms with Gasteiger partial charge in [0.15, 0.2) is 0 Å². The second kappa shape index (κ2) is 7.91. The molecule has 0 fully saturated rings. The van der Waals surface area contributed by atoms with Crippen LogP contribution >= 0.6 is 11.6 Å². The summed E-state index contributed by atoms with van der Waals surface area (Å²) >= 11 is 6.10. The summed E-state index contributed by atoms with van der Waals surface area (Å²) < 4.78 is 0. The number of hydrogen-bond acceptors (Lipinski definition) is 3. The van der Waals surface area contributed by atoms with E-state index in [-0.39, 0.29) is 18.5 Å². The molecule has 1 aromatic rings. The number of carbonyl (C=O) groups excluding carboxylic acids is 1. The van der Waals surface area contributed by atoms with E-state index in [2.05, 4.69) is 17.2 Å². The Bertz CT molecular complexity index is 532. The van der Waals surface area contributed by atoms with Crippen molar-refractivity contribution in [3.05, 3.63) is 34.3 Å². The van der Waals surface area contributed by atoms with Gasteiger partial charge in [-0.3, -0.25) is 4.79 Å². The number of nitrogens with two attached hydrogens (primary N) is 1. The number of nitrogens with zero attached hydrogens (tertiary/aromatic N) is 1. The first-order chi connectivity index (χ1) is 9.43. The molecule has 0 spiro atoms. The van der Waals surface area contributed by atoms with Crippen LogP contribution in [0.1, 0.15) is 22.8 Å². The number of halogens is 1. The predicted octanol–water partition coefficient (Wildman–Crippen LogP) is 1.33. The van der Waals surface area contributed by atoms with E-state index in [1.807, 2.05) is 25.9 Å². The Labute approximate surface area is 125 Å². The summed E-state index contributed by atoms with van der Waals surface area (Å²) in [5.74, 6) is 5.46. The van der Waals surface area contributed by atoms with Gasteiger partial charge >= 0.3 is 0 Å². The van der Waals surface area contributed by atoms with Crippen LogP contribution in [0, 0.1) is 11.8 Å². The highest BCUT2D eigenvalue weighted by atomic mass is 35.5. The average Bonchev–Trinajstić information content (AvgIpc) is 2.36. The van der Waals surface area contributed by atoms with Crippen LogP contribution < -0.4 is 11.1 Å². The summed E-state index contributed by atoms with van der Waals surface area (Å²) in [5.41, 5.74) is 6.52. The lowest BCUT2D eigenvalue weighted by molar-refractivity contribution is 0.0934. The van der Waals surface area contributed by atoms with Gasteiger partial charge in [-0.05, 0) is 39.2 Å². The Hall–Kier alpha value is -1.54. The van der Waals surface area contributed by atoms with Gasteiger partial charge in [-0.15, -0.1) is 0 Å². The molecule has 0 aromatic heterocycles. The van der Waals surface area contributed by atoms with Crippen molar-refractivity contribution < 1.29 is 4.79 Å². The summed E-state index contributed by atoms with van der Waals surface area (Å²) in [6.45, 7) is 3.01. The van der Waals surface area contributed by atoms with Crippen molar-refractivity contribution in [2.45, 2.75) is 13.0 Å². The standard InChI is InChI=1S/C15H20ClN3O/c1-11(10-19(2)3)18-15(20)13-7-6-12(5-4-8-17)14(16)9-13/h6-7,9,11H,8,10,17H2,1-3H3,(H,18,20). The fourth-order valence-electron chi connectivity index (χ4n) is 1.80. The molecule has 0 saturated heterocycles. The van der Waals surface area contributed by atoms with Crippen LogP contribution in [-0.2, 0) is 0 Å². The summed E-state index contributed by atoms with van der Waals surface area (Å²) in [6.07, 6.45) is 0. The van der Waals surface area contributed by atoms with Gasteiger partial charge in [-0.2, -0.15) is 0 Å².